The van der Waals surface area contributed by atoms with Crippen LogP contribution in [0.5, 0.6) is 0 Å². The molecule has 0 radical (unpaired) electrons. The number of likely N-dealkylation sites (N-methyl/N-ethyl adjacent to an activating group) is 1. The molecule has 0 aromatic heterocycles. The topological polar surface area (TPSA) is 32.3 Å². The molecule has 0 aliphatic carbocycles. The molecule has 118 valence electrons. The number of halogens is 2. The van der Waals surface area contributed by atoms with E-state index in [1.165, 1.54) is 0 Å². The lowest BCUT2D eigenvalue weighted by atomic mass is 9.93. The van der Waals surface area contributed by atoms with Crippen molar-refractivity contribution < 1.29 is 4.79 Å². The Bertz CT molecular complexity index is 455. The number of hydrogen-bond acceptors (Lipinski definition) is 2. The lowest BCUT2D eigenvalue weighted by molar-refractivity contribution is 0.0928. The Morgan fingerprint density at radius 1 is 1.29 bits per heavy atom. The highest BCUT2D eigenvalue weighted by molar-refractivity contribution is 9.10. The van der Waals surface area contributed by atoms with Crippen LogP contribution in [0.15, 0.2) is 22.7 Å². The summed E-state index contributed by atoms with van der Waals surface area (Å²) < 4.78 is 0.810. The average molecular weight is 376 g/mol. The first-order valence-corrected chi connectivity index (χ1v) is 8.46. The number of nitrogens with zero attached hydrogens (tertiary/aromatic N) is 1. The normalized spacial score (nSPS) is 12.8. The maximum Gasteiger partial charge on any atom is 0.251 e. The van der Waals surface area contributed by atoms with E-state index in [2.05, 4.69) is 54.1 Å². The molecule has 21 heavy (non-hydrogen) atoms. The number of hydrogen-bond donors (Lipinski definition) is 1. The van der Waals surface area contributed by atoms with Gasteiger partial charge in [-0.1, -0.05) is 54.2 Å². The Morgan fingerprint density at radius 2 is 1.90 bits per heavy atom. The lowest BCUT2D eigenvalue weighted by Gasteiger charge is -2.31. The SMILES string of the molecule is CCC(CC)C(CNC(=O)c1cc(Cl)cc(Br)c1)N(C)C. The highest BCUT2D eigenvalue weighted by atomic mass is 79.9. The fourth-order valence-corrected chi connectivity index (χ4v) is 3.45. The van der Waals surface area contributed by atoms with Crippen molar-refractivity contribution in [1.29, 1.82) is 0 Å². The molecule has 3 nitrogen and oxygen atoms in total. The van der Waals surface area contributed by atoms with Gasteiger partial charge in [-0.25, -0.2) is 0 Å². The number of rotatable bonds is 7. The maximum absolute atomic E-state index is 12.3. The molecule has 0 fully saturated rings. The molecule has 1 N–H and O–H groups in total. The first-order valence-electron chi connectivity index (χ1n) is 7.29. The maximum atomic E-state index is 12.3. The highest BCUT2D eigenvalue weighted by Gasteiger charge is 2.21. The fraction of sp³-hybridized carbons (Fsp3) is 0.562. The summed E-state index contributed by atoms with van der Waals surface area (Å²) in [6.45, 7) is 5.03. The van der Waals surface area contributed by atoms with E-state index < -0.39 is 0 Å². The van der Waals surface area contributed by atoms with Crippen molar-refractivity contribution in [3.63, 3.8) is 0 Å². The Morgan fingerprint density at radius 3 is 2.38 bits per heavy atom. The molecule has 0 bridgehead atoms. The van der Waals surface area contributed by atoms with Crippen molar-refractivity contribution in [2.75, 3.05) is 20.6 Å². The third-order valence-corrected chi connectivity index (χ3v) is 4.53. The molecule has 0 aliphatic heterocycles. The van der Waals surface area contributed by atoms with E-state index >= 15 is 0 Å². The number of nitrogens with one attached hydrogen (secondary N) is 1. The van der Waals surface area contributed by atoms with Crippen LogP contribution < -0.4 is 5.32 Å². The van der Waals surface area contributed by atoms with E-state index in [0.29, 0.717) is 29.1 Å². The summed E-state index contributed by atoms with van der Waals surface area (Å²) in [7, 11) is 4.12. The predicted molar refractivity (Wildman–Crippen MR) is 93.0 cm³/mol. The van der Waals surface area contributed by atoms with Crippen molar-refractivity contribution in [3.05, 3.63) is 33.3 Å². The number of benzene rings is 1. The van der Waals surface area contributed by atoms with Gasteiger partial charge in [-0.15, -0.1) is 0 Å². The van der Waals surface area contributed by atoms with E-state index in [4.69, 9.17) is 11.6 Å². The number of carbonyl (C=O) groups excluding carboxylic acids is 1. The molecule has 0 aliphatic rings. The van der Waals surface area contributed by atoms with Crippen molar-refractivity contribution in [1.82, 2.24) is 10.2 Å². The van der Waals surface area contributed by atoms with E-state index in [1.807, 2.05) is 0 Å². The minimum atomic E-state index is -0.0870. The molecule has 1 aromatic rings. The molecule has 5 heteroatoms. The number of carbonyl (C=O) groups is 1. The summed E-state index contributed by atoms with van der Waals surface area (Å²) >= 11 is 9.34. The minimum absolute atomic E-state index is 0.0870. The summed E-state index contributed by atoms with van der Waals surface area (Å²) in [5, 5.41) is 3.58. The van der Waals surface area contributed by atoms with E-state index in [0.717, 1.165) is 17.3 Å². The van der Waals surface area contributed by atoms with Crippen molar-refractivity contribution in [2.45, 2.75) is 32.7 Å². The largest absolute Gasteiger partial charge is 0.350 e. The second kappa shape index (κ2) is 8.76. The second-order valence-electron chi connectivity index (χ2n) is 5.48. The van der Waals surface area contributed by atoms with Crippen LogP contribution in [0.3, 0.4) is 0 Å². The van der Waals surface area contributed by atoms with Gasteiger partial charge in [0.25, 0.3) is 5.91 Å². The van der Waals surface area contributed by atoms with Gasteiger partial charge in [-0.05, 0) is 38.2 Å². The molecular formula is C16H24BrClN2O. The minimum Gasteiger partial charge on any atom is -0.350 e. The van der Waals surface area contributed by atoms with Crippen LogP contribution in [-0.2, 0) is 0 Å². The van der Waals surface area contributed by atoms with Gasteiger partial charge < -0.3 is 10.2 Å². The van der Waals surface area contributed by atoms with Crippen LogP contribution in [0.4, 0.5) is 0 Å². The van der Waals surface area contributed by atoms with Crippen LogP contribution in [0.1, 0.15) is 37.0 Å². The van der Waals surface area contributed by atoms with E-state index in [1.54, 1.807) is 18.2 Å². The molecule has 1 atom stereocenters. The quantitative estimate of drug-likeness (QED) is 0.774. The zero-order chi connectivity index (χ0) is 16.0. The summed E-state index contributed by atoms with van der Waals surface area (Å²) in [6, 6.07) is 5.57. The summed E-state index contributed by atoms with van der Waals surface area (Å²) in [6.07, 6.45) is 2.22. The highest BCUT2D eigenvalue weighted by Crippen LogP contribution is 2.20. The zero-order valence-electron chi connectivity index (χ0n) is 13.1. The van der Waals surface area contributed by atoms with Crippen molar-refractivity contribution >= 4 is 33.4 Å². The van der Waals surface area contributed by atoms with Gasteiger partial charge in [-0.2, -0.15) is 0 Å². The molecular weight excluding hydrogens is 352 g/mol. The molecule has 1 amide bonds. The molecule has 0 saturated carbocycles. The Balaban J connectivity index is 2.73. The van der Waals surface area contributed by atoms with Gasteiger partial charge in [0.1, 0.15) is 0 Å². The molecule has 1 rings (SSSR count). The number of amides is 1. The van der Waals surface area contributed by atoms with Crippen LogP contribution in [-0.4, -0.2) is 37.5 Å². The third kappa shape index (κ3) is 5.61. The van der Waals surface area contributed by atoms with Gasteiger partial charge in [0.15, 0.2) is 0 Å². The van der Waals surface area contributed by atoms with Gasteiger partial charge in [-0.3, -0.25) is 4.79 Å². The van der Waals surface area contributed by atoms with Crippen LogP contribution in [0, 0.1) is 5.92 Å². The molecule has 1 aromatic carbocycles. The first-order chi connectivity index (χ1) is 9.88. The van der Waals surface area contributed by atoms with Gasteiger partial charge >= 0.3 is 0 Å². The van der Waals surface area contributed by atoms with E-state index in [-0.39, 0.29) is 5.91 Å². The van der Waals surface area contributed by atoms with Crippen molar-refractivity contribution in [3.8, 4) is 0 Å². The molecule has 0 spiro atoms. The average Bonchev–Trinajstić information content (AvgIpc) is 2.41. The van der Waals surface area contributed by atoms with Crippen molar-refractivity contribution in [2.24, 2.45) is 5.92 Å². The first kappa shape index (κ1) is 18.5. The third-order valence-electron chi connectivity index (χ3n) is 3.85. The fourth-order valence-electron chi connectivity index (χ4n) is 2.59. The molecule has 0 saturated heterocycles. The van der Waals surface area contributed by atoms with Gasteiger partial charge in [0, 0.05) is 27.6 Å². The second-order valence-corrected chi connectivity index (χ2v) is 6.83. The van der Waals surface area contributed by atoms with E-state index in [9.17, 15) is 4.79 Å². The predicted octanol–water partition coefficient (Wildman–Crippen LogP) is 4.20. The van der Waals surface area contributed by atoms with Gasteiger partial charge in [0.2, 0.25) is 0 Å². The van der Waals surface area contributed by atoms with Crippen LogP contribution >= 0.6 is 27.5 Å². The van der Waals surface area contributed by atoms with Crippen LogP contribution in [0.2, 0.25) is 5.02 Å². The Kier molecular flexibility index (Phi) is 7.71. The smallest absolute Gasteiger partial charge is 0.251 e. The standard InChI is InChI=1S/C16H24BrClN2O/c1-5-11(6-2)15(20(3)4)10-19-16(21)12-7-13(17)9-14(18)8-12/h7-9,11,15H,5-6,10H2,1-4H3,(H,19,21). The summed E-state index contributed by atoms with van der Waals surface area (Å²) in [5.74, 6) is 0.488. The molecule has 1 unspecified atom stereocenters. The molecule has 0 heterocycles. The Labute approximate surface area is 141 Å². The Hall–Kier alpha value is -0.580. The summed E-state index contributed by atoms with van der Waals surface area (Å²) in [4.78, 5) is 14.5. The lowest BCUT2D eigenvalue weighted by Crippen LogP contribution is -2.44. The van der Waals surface area contributed by atoms with Gasteiger partial charge in [0.05, 0.1) is 0 Å². The van der Waals surface area contributed by atoms with Crippen LogP contribution in [0.25, 0.3) is 0 Å². The zero-order valence-corrected chi connectivity index (χ0v) is 15.5. The monoisotopic (exact) mass is 374 g/mol. The summed E-state index contributed by atoms with van der Waals surface area (Å²) in [5.41, 5.74) is 0.580.